The van der Waals surface area contributed by atoms with Crippen LogP contribution in [0.5, 0.6) is 0 Å². The van der Waals surface area contributed by atoms with E-state index in [2.05, 4.69) is 29.3 Å². The van der Waals surface area contributed by atoms with E-state index in [0.717, 1.165) is 40.9 Å². The van der Waals surface area contributed by atoms with Crippen LogP contribution >= 0.6 is 0 Å². The number of carbonyl (C=O) groups is 1. The number of aryl methyl sites for hydroxylation is 2. The predicted molar refractivity (Wildman–Crippen MR) is 112 cm³/mol. The van der Waals surface area contributed by atoms with Gasteiger partial charge in [0.25, 0.3) is 5.91 Å². The van der Waals surface area contributed by atoms with Crippen LogP contribution in [0.25, 0.3) is 10.8 Å². The molecule has 0 radical (unpaired) electrons. The van der Waals surface area contributed by atoms with E-state index in [0.29, 0.717) is 5.56 Å². The first kappa shape index (κ1) is 17.5. The third-order valence-corrected chi connectivity index (χ3v) is 5.30. The summed E-state index contributed by atoms with van der Waals surface area (Å²) < 4.78 is 0. The molecule has 0 unspecified atom stereocenters. The van der Waals surface area contributed by atoms with Gasteiger partial charge in [0.2, 0.25) is 0 Å². The minimum Gasteiger partial charge on any atom is -0.356 e. The molecule has 1 fully saturated rings. The SMILES string of the molecule is Cc1ccc(NC(=O)c2cnc(N3CCCCC3)c3ccccc23)c(C)c1. The van der Waals surface area contributed by atoms with Crippen molar-refractivity contribution in [2.24, 2.45) is 0 Å². The van der Waals surface area contributed by atoms with E-state index in [1.807, 2.05) is 37.3 Å². The number of hydrogen-bond donors (Lipinski definition) is 1. The number of pyridine rings is 1. The number of nitrogens with one attached hydrogen (secondary N) is 1. The Balaban J connectivity index is 1.70. The molecule has 4 rings (SSSR count). The van der Waals surface area contributed by atoms with Gasteiger partial charge in [0.05, 0.1) is 5.56 Å². The van der Waals surface area contributed by atoms with Crippen molar-refractivity contribution >= 4 is 28.2 Å². The fraction of sp³-hybridized carbons (Fsp3) is 0.304. The first-order valence-corrected chi connectivity index (χ1v) is 9.65. The van der Waals surface area contributed by atoms with Gasteiger partial charge in [-0.15, -0.1) is 0 Å². The molecular formula is C23H25N3O. The minimum absolute atomic E-state index is 0.115. The van der Waals surface area contributed by atoms with Crippen molar-refractivity contribution in [2.45, 2.75) is 33.1 Å². The van der Waals surface area contributed by atoms with Gasteiger partial charge < -0.3 is 10.2 Å². The standard InChI is InChI=1S/C23H25N3O/c1-16-10-11-21(17(2)14-16)25-23(27)20-15-24-22(26-12-6-3-7-13-26)19-9-5-4-8-18(19)20/h4-5,8-11,14-15H,3,6-7,12-13H2,1-2H3,(H,25,27). The molecule has 2 heterocycles. The number of anilines is 2. The maximum Gasteiger partial charge on any atom is 0.257 e. The lowest BCUT2D eigenvalue weighted by Crippen LogP contribution is -2.30. The molecule has 4 heteroatoms. The number of fused-ring (bicyclic) bond motifs is 1. The number of amides is 1. The van der Waals surface area contributed by atoms with E-state index in [9.17, 15) is 4.79 Å². The van der Waals surface area contributed by atoms with E-state index in [1.54, 1.807) is 6.20 Å². The molecule has 1 aromatic heterocycles. The summed E-state index contributed by atoms with van der Waals surface area (Å²) in [5.74, 6) is 0.879. The molecule has 1 aliphatic heterocycles. The first-order chi connectivity index (χ1) is 13.1. The summed E-state index contributed by atoms with van der Waals surface area (Å²) in [7, 11) is 0. The van der Waals surface area contributed by atoms with Gasteiger partial charge in [-0.25, -0.2) is 4.98 Å². The lowest BCUT2D eigenvalue weighted by Gasteiger charge is -2.29. The molecule has 0 spiro atoms. The van der Waals surface area contributed by atoms with Gasteiger partial charge in [-0.3, -0.25) is 4.79 Å². The molecule has 1 aliphatic rings. The largest absolute Gasteiger partial charge is 0.356 e. The Kier molecular flexibility index (Phi) is 4.80. The zero-order valence-corrected chi connectivity index (χ0v) is 16.0. The quantitative estimate of drug-likeness (QED) is 0.708. The molecule has 0 bridgehead atoms. The van der Waals surface area contributed by atoms with Crippen molar-refractivity contribution in [1.29, 1.82) is 0 Å². The summed E-state index contributed by atoms with van der Waals surface area (Å²) in [6.45, 7) is 6.13. The molecule has 138 valence electrons. The smallest absolute Gasteiger partial charge is 0.257 e. The summed E-state index contributed by atoms with van der Waals surface area (Å²) in [5, 5.41) is 5.06. The second kappa shape index (κ2) is 7.39. The Hall–Kier alpha value is -2.88. The van der Waals surface area contributed by atoms with Gasteiger partial charge >= 0.3 is 0 Å². The average molecular weight is 359 g/mol. The summed E-state index contributed by atoms with van der Waals surface area (Å²) in [6.07, 6.45) is 5.41. The molecule has 0 aliphatic carbocycles. The highest BCUT2D eigenvalue weighted by Crippen LogP contribution is 2.29. The number of benzene rings is 2. The molecule has 2 aromatic carbocycles. The molecule has 4 nitrogen and oxygen atoms in total. The van der Waals surface area contributed by atoms with Crippen LogP contribution in [0, 0.1) is 13.8 Å². The zero-order valence-electron chi connectivity index (χ0n) is 16.0. The highest BCUT2D eigenvalue weighted by molar-refractivity contribution is 6.14. The number of piperidine rings is 1. The van der Waals surface area contributed by atoms with Gasteiger partial charge in [0, 0.05) is 30.4 Å². The fourth-order valence-electron chi connectivity index (χ4n) is 3.86. The van der Waals surface area contributed by atoms with Crippen molar-refractivity contribution in [1.82, 2.24) is 4.98 Å². The lowest BCUT2D eigenvalue weighted by atomic mass is 10.0. The third-order valence-electron chi connectivity index (χ3n) is 5.30. The van der Waals surface area contributed by atoms with E-state index in [-0.39, 0.29) is 5.91 Å². The fourth-order valence-corrected chi connectivity index (χ4v) is 3.86. The number of nitrogens with zero attached hydrogens (tertiary/aromatic N) is 2. The van der Waals surface area contributed by atoms with Crippen molar-refractivity contribution in [3.63, 3.8) is 0 Å². The van der Waals surface area contributed by atoms with E-state index in [1.165, 1.54) is 24.8 Å². The van der Waals surface area contributed by atoms with Crippen LogP contribution < -0.4 is 10.2 Å². The van der Waals surface area contributed by atoms with Crippen LogP contribution in [-0.2, 0) is 0 Å². The maximum absolute atomic E-state index is 13.0. The van der Waals surface area contributed by atoms with Crippen molar-refractivity contribution in [3.8, 4) is 0 Å². The second-order valence-corrected chi connectivity index (χ2v) is 7.36. The van der Waals surface area contributed by atoms with Gasteiger partial charge in [-0.2, -0.15) is 0 Å². The Morgan fingerprint density at radius 1 is 1.00 bits per heavy atom. The highest BCUT2D eigenvalue weighted by Gasteiger charge is 2.19. The molecule has 3 aromatic rings. The average Bonchev–Trinajstić information content (AvgIpc) is 2.70. The van der Waals surface area contributed by atoms with Crippen LogP contribution in [-0.4, -0.2) is 24.0 Å². The molecule has 1 saturated heterocycles. The van der Waals surface area contributed by atoms with Crippen molar-refractivity contribution in [2.75, 3.05) is 23.3 Å². The van der Waals surface area contributed by atoms with Crippen LogP contribution in [0.1, 0.15) is 40.7 Å². The Labute approximate surface area is 160 Å². The second-order valence-electron chi connectivity index (χ2n) is 7.36. The van der Waals surface area contributed by atoms with Gasteiger partial charge in [-0.1, -0.05) is 42.0 Å². The number of hydrogen-bond acceptors (Lipinski definition) is 3. The molecular weight excluding hydrogens is 334 g/mol. The Morgan fingerprint density at radius 2 is 1.74 bits per heavy atom. The van der Waals surface area contributed by atoms with Gasteiger partial charge in [-0.05, 0) is 50.1 Å². The van der Waals surface area contributed by atoms with Crippen LogP contribution in [0.2, 0.25) is 0 Å². The number of aromatic nitrogens is 1. The normalized spacial score (nSPS) is 14.4. The number of carbonyl (C=O) groups excluding carboxylic acids is 1. The monoisotopic (exact) mass is 359 g/mol. The van der Waals surface area contributed by atoms with Gasteiger partial charge in [0.1, 0.15) is 5.82 Å². The highest BCUT2D eigenvalue weighted by atomic mass is 16.1. The topological polar surface area (TPSA) is 45.2 Å². The van der Waals surface area contributed by atoms with Crippen LogP contribution in [0.15, 0.2) is 48.7 Å². The lowest BCUT2D eigenvalue weighted by molar-refractivity contribution is 0.102. The van der Waals surface area contributed by atoms with Crippen LogP contribution in [0.4, 0.5) is 11.5 Å². The van der Waals surface area contributed by atoms with E-state index >= 15 is 0 Å². The maximum atomic E-state index is 13.0. The molecule has 27 heavy (non-hydrogen) atoms. The molecule has 1 amide bonds. The summed E-state index contributed by atoms with van der Waals surface area (Å²) in [4.78, 5) is 20.0. The minimum atomic E-state index is -0.115. The van der Waals surface area contributed by atoms with Crippen LogP contribution in [0.3, 0.4) is 0 Å². The number of rotatable bonds is 3. The van der Waals surface area contributed by atoms with Crippen molar-refractivity contribution in [3.05, 3.63) is 65.4 Å². The summed E-state index contributed by atoms with van der Waals surface area (Å²) in [5.41, 5.74) is 3.70. The predicted octanol–water partition coefficient (Wildman–Crippen LogP) is 5.09. The third kappa shape index (κ3) is 3.52. The Bertz CT molecular complexity index is 990. The summed E-state index contributed by atoms with van der Waals surface area (Å²) >= 11 is 0. The first-order valence-electron chi connectivity index (χ1n) is 9.65. The van der Waals surface area contributed by atoms with E-state index < -0.39 is 0 Å². The van der Waals surface area contributed by atoms with Crippen molar-refractivity contribution < 1.29 is 4.79 Å². The molecule has 0 saturated carbocycles. The Morgan fingerprint density at radius 3 is 2.48 bits per heavy atom. The summed E-state index contributed by atoms with van der Waals surface area (Å²) in [6, 6.07) is 14.1. The van der Waals surface area contributed by atoms with Gasteiger partial charge in [0.15, 0.2) is 0 Å². The molecule has 0 atom stereocenters. The zero-order chi connectivity index (χ0) is 18.8. The molecule has 1 N–H and O–H groups in total. The van der Waals surface area contributed by atoms with E-state index in [4.69, 9.17) is 4.98 Å².